The van der Waals surface area contributed by atoms with Gasteiger partial charge in [0.2, 0.25) is 0 Å². The van der Waals surface area contributed by atoms with Crippen molar-refractivity contribution in [3.8, 4) is 33.4 Å². The molecule has 1 N–H and O–H groups in total. The maximum absolute atomic E-state index is 3.70. The zero-order valence-electron chi connectivity index (χ0n) is 19.8. The molecule has 0 amide bonds. The van der Waals surface area contributed by atoms with E-state index < -0.39 is 0 Å². The molecule has 0 fully saturated rings. The van der Waals surface area contributed by atoms with Crippen LogP contribution in [0.5, 0.6) is 0 Å². The first kappa shape index (κ1) is 21.9. The van der Waals surface area contributed by atoms with Gasteiger partial charge in [-0.1, -0.05) is 109 Å². The fourth-order valence-electron chi connectivity index (χ4n) is 5.24. The molecule has 1 aliphatic carbocycles. The van der Waals surface area contributed by atoms with E-state index in [0.29, 0.717) is 0 Å². The highest BCUT2D eigenvalue weighted by molar-refractivity contribution is 9.10. The first-order valence-electron chi connectivity index (χ1n) is 12.0. The molecule has 2 heteroatoms. The van der Waals surface area contributed by atoms with Crippen LogP contribution in [0.1, 0.15) is 25.0 Å². The lowest BCUT2D eigenvalue weighted by atomic mass is 9.81. The average molecular weight is 516 g/mol. The fourth-order valence-corrected chi connectivity index (χ4v) is 5.71. The molecule has 0 saturated carbocycles. The zero-order valence-corrected chi connectivity index (χ0v) is 21.4. The number of hydrogen-bond donors (Lipinski definition) is 1. The lowest BCUT2D eigenvalue weighted by molar-refractivity contribution is 0.660. The van der Waals surface area contributed by atoms with Crippen LogP contribution in [0.4, 0.5) is 11.4 Å². The smallest absolute Gasteiger partial charge is 0.0391 e. The Hall–Kier alpha value is -3.62. The molecular weight excluding hydrogens is 490 g/mol. The van der Waals surface area contributed by atoms with Gasteiger partial charge in [0.1, 0.15) is 0 Å². The molecule has 1 nitrogen and oxygen atoms in total. The largest absolute Gasteiger partial charge is 0.356 e. The van der Waals surface area contributed by atoms with Gasteiger partial charge in [0.15, 0.2) is 0 Å². The van der Waals surface area contributed by atoms with Crippen molar-refractivity contribution < 1.29 is 0 Å². The van der Waals surface area contributed by atoms with Crippen molar-refractivity contribution >= 4 is 27.3 Å². The minimum atomic E-state index is 0.0154. The van der Waals surface area contributed by atoms with Gasteiger partial charge in [-0.25, -0.2) is 0 Å². The van der Waals surface area contributed by atoms with Crippen molar-refractivity contribution in [2.75, 3.05) is 5.32 Å². The Morgan fingerprint density at radius 1 is 0.514 bits per heavy atom. The number of anilines is 2. The van der Waals surface area contributed by atoms with E-state index >= 15 is 0 Å². The Kier molecular flexibility index (Phi) is 5.35. The van der Waals surface area contributed by atoms with Gasteiger partial charge >= 0.3 is 0 Å². The van der Waals surface area contributed by atoms with Gasteiger partial charge in [0.25, 0.3) is 0 Å². The van der Waals surface area contributed by atoms with Gasteiger partial charge in [0, 0.05) is 21.3 Å². The van der Waals surface area contributed by atoms with Gasteiger partial charge in [-0.05, 0) is 80.9 Å². The molecule has 0 aliphatic heterocycles. The number of benzene rings is 5. The van der Waals surface area contributed by atoms with Crippen molar-refractivity contribution in [1.82, 2.24) is 0 Å². The molecule has 0 unspecified atom stereocenters. The molecule has 0 saturated heterocycles. The van der Waals surface area contributed by atoms with Gasteiger partial charge in [-0.2, -0.15) is 0 Å². The van der Waals surface area contributed by atoms with Crippen LogP contribution in [0.2, 0.25) is 0 Å². The molecule has 170 valence electrons. The van der Waals surface area contributed by atoms with Gasteiger partial charge in [0.05, 0.1) is 0 Å². The van der Waals surface area contributed by atoms with Gasteiger partial charge < -0.3 is 5.32 Å². The second-order valence-corrected chi connectivity index (χ2v) is 10.5. The Labute approximate surface area is 215 Å². The lowest BCUT2D eigenvalue weighted by Crippen LogP contribution is -2.14. The second-order valence-electron chi connectivity index (χ2n) is 9.69. The van der Waals surface area contributed by atoms with Gasteiger partial charge in [-0.3, -0.25) is 0 Å². The predicted molar refractivity (Wildman–Crippen MR) is 152 cm³/mol. The molecule has 5 aromatic carbocycles. The number of fused-ring (bicyclic) bond motifs is 3. The first-order chi connectivity index (χ1) is 17.0. The van der Waals surface area contributed by atoms with Crippen LogP contribution in [0, 0.1) is 0 Å². The van der Waals surface area contributed by atoms with Crippen LogP contribution >= 0.6 is 15.9 Å². The summed E-state index contributed by atoms with van der Waals surface area (Å²) in [5.74, 6) is 0. The summed E-state index contributed by atoms with van der Waals surface area (Å²) in [6.07, 6.45) is 0. The summed E-state index contributed by atoms with van der Waals surface area (Å²) < 4.78 is 1.09. The van der Waals surface area contributed by atoms with E-state index in [9.17, 15) is 0 Å². The lowest BCUT2D eigenvalue weighted by Gasteiger charge is -2.22. The monoisotopic (exact) mass is 515 g/mol. The minimum Gasteiger partial charge on any atom is -0.356 e. The number of hydrogen-bond acceptors (Lipinski definition) is 1. The molecule has 5 aromatic rings. The van der Waals surface area contributed by atoms with Crippen LogP contribution in [0.3, 0.4) is 0 Å². The summed E-state index contributed by atoms with van der Waals surface area (Å²) in [6.45, 7) is 4.66. The molecule has 6 rings (SSSR count). The van der Waals surface area contributed by atoms with E-state index in [-0.39, 0.29) is 5.41 Å². The van der Waals surface area contributed by atoms with E-state index in [1.807, 2.05) is 6.07 Å². The minimum absolute atomic E-state index is 0.0154. The van der Waals surface area contributed by atoms with Gasteiger partial charge in [-0.15, -0.1) is 0 Å². The summed E-state index contributed by atoms with van der Waals surface area (Å²) in [6, 6.07) is 41.3. The quantitative estimate of drug-likeness (QED) is 0.251. The average Bonchev–Trinajstić information content (AvgIpc) is 3.13. The topological polar surface area (TPSA) is 12.0 Å². The van der Waals surface area contributed by atoms with E-state index in [1.165, 1.54) is 44.5 Å². The van der Waals surface area contributed by atoms with E-state index in [0.717, 1.165) is 15.8 Å². The van der Waals surface area contributed by atoms with Crippen molar-refractivity contribution in [2.45, 2.75) is 19.3 Å². The summed E-state index contributed by atoms with van der Waals surface area (Å²) in [7, 11) is 0. The van der Waals surface area contributed by atoms with Crippen LogP contribution in [-0.4, -0.2) is 0 Å². The maximum Gasteiger partial charge on any atom is 0.0391 e. The summed E-state index contributed by atoms with van der Waals surface area (Å²) in [4.78, 5) is 0. The third-order valence-corrected chi connectivity index (χ3v) is 7.83. The fraction of sp³-hybridized carbons (Fsp3) is 0.0909. The normalized spacial score (nSPS) is 13.2. The Bertz CT molecular complexity index is 1530. The van der Waals surface area contributed by atoms with E-state index in [2.05, 4.69) is 144 Å². The van der Waals surface area contributed by atoms with Crippen LogP contribution in [0.15, 0.2) is 120 Å². The van der Waals surface area contributed by atoms with E-state index in [4.69, 9.17) is 0 Å². The summed E-state index contributed by atoms with van der Waals surface area (Å²) in [5.41, 5.74) is 12.5. The van der Waals surface area contributed by atoms with Crippen LogP contribution in [0.25, 0.3) is 33.4 Å². The Balaban J connectivity index is 1.27. The first-order valence-corrected chi connectivity index (χ1v) is 12.8. The molecule has 35 heavy (non-hydrogen) atoms. The summed E-state index contributed by atoms with van der Waals surface area (Å²) in [5, 5.41) is 3.57. The van der Waals surface area contributed by atoms with Crippen molar-refractivity contribution in [2.24, 2.45) is 0 Å². The van der Waals surface area contributed by atoms with Crippen molar-refractivity contribution in [3.63, 3.8) is 0 Å². The van der Waals surface area contributed by atoms with Crippen LogP contribution < -0.4 is 5.32 Å². The molecular formula is C33H26BrN. The molecule has 1 aliphatic rings. The molecule has 0 spiro atoms. The number of nitrogens with one attached hydrogen (secondary N) is 1. The van der Waals surface area contributed by atoms with Crippen molar-refractivity contribution in [1.29, 1.82) is 0 Å². The number of rotatable bonds is 4. The Morgan fingerprint density at radius 2 is 1.17 bits per heavy atom. The molecule has 0 heterocycles. The molecule has 0 atom stereocenters. The van der Waals surface area contributed by atoms with Crippen molar-refractivity contribution in [3.05, 3.63) is 131 Å². The summed E-state index contributed by atoms with van der Waals surface area (Å²) >= 11 is 3.70. The maximum atomic E-state index is 3.70. The van der Waals surface area contributed by atoms with Crippen LogP contribution in [-0.2, 0) is 5.41 Å². The highest BCUT2D eigenvalue weighted by Crippen LogP contribution is 2.49. The molecule has 0 bridgehead atoms. The SMILES string of the molecule is CC1(C)c2ccccc2-c2ccc(-c3ccc(Nc4ccc(Br)c(-c5ccccc5)c4)cc3)cc21. The standard InChI is InChI=1S/C33H26BrN/c1-33(2)30-11-7-6-10-27(30)28-18-14-24(20-31(28)33)22-12-15-25(16-13-22)35-26-17-19-32(34)29(21-26)23-8-4-3-5-9-23/h3-21,35H,1-2H3. The zero-order chi connectivity index (χ0) is 24.0. The second kappa shape index (κ2) is 8.55. The number of halogens is 1. The Morgan fingerprint density at radius 3 is 1.97 bits per heavy atom. The van der Waals surface area contributed by atoms with E-state index in [1.54, 1.807) is 0 Å². The third-order valence-electron chi connectivity index (χ3n) is 7.14. The highest BCUT2D eigenvalue weighted by atomic mass is 79.9. The molecule has 0 aromatic heterocycles. The highest BCUT2D eigenvalue weighted by Gasteiger charge is 2.35. The predicted octanol–water partition coefficient (Wildman–Crippen LogP) is 9.83. The molecule has 0 radical (unpaired) electrons. The third kappa shape index (κ3) is 3.88.